The van der Waals surface area contributed by atoms with Crippen LogP contribution in [0.1, 0.15) is 16.5 Å². The summed E-state index contributed by atoms with van der Waals surface area (Å²) >= 11 is 1.52. The first kappa shape index (κ1) is 18.7. The van der Waals surface area contributed by atoms with Gasteiger partial charge in [-0.05, 0) is 30.7 Å². The van der Waals surface area contributed by atoms with Crippen LogP contribution in [0.25, 0.3) is 0 Å². The molecule has 26 heavy (non-hydrogen) atoms. The van der Waals surface area contributed by atoms with Crippen LogP contribution in [-0.4, -0.2) is 37.1 Å². The van der Waals surface area contributed by atoms with Gasteiger partial charge in [0.2, 0.25) is 10.0 Å². The molecule has 0 saturated carbocycles. The predicted molar refractivity (Wildman–Crippen MR) is 99.9 cm³/mol. The van der Waals surface area contributed by atoms with Crippen molar-refractivity contribution >= 4 is 27.5 Å². The van der Waals surface area contributed by atoms with E-state index in [0.717, 1.165) is 11.6 Å². The minimum atomic E-state index is -3.85. The molecule has 0 spiro atoms. The molecule has 9 heteroatoms. The fourth-order valence-electron chi connectivity index (χ4n) is 2.81. The van der Waals surface area contributed by atoms with E-state index in [1.807, 2.05) is 12.1 Å². The van der Waals surface area contributed by atoms with Crippen LogP contribution in [0, 0.1) is 17.0 Å². The van der Waals surface area contributed by atoms with Crippen LogP contribution in [0.3, 0.4) is 0 Å². The highest BCUT2D eigenvalue weighted by Crippen LogP contribution is 2.42. The van der Waals surface area contributed by atoms with Gasteiger partial charge < -0.3 is 4.74 Å². The summed E-state index contributed by atoms with van der Waals surface area (Å²) in [5.74, 6) is 1.35. The van der Waals surface area contributed by atoms with Crippen molar-refractivity contribution in [2.45, 2.75) is 17.2 Å². The van der Waals surface area contributed by atoms with Crippen LogP contribution in [0.2, 0.25) is 0 Å². The normalized spacial score (nSPS) is 18.0. The number of nitrogens with zero attached hydrogens (tertiary/aromatic N) is 2. The summed E-state index contributed by atoms with van der Waals surface area (Å²) in [6.45, 7) is 1.94. The summed E-state index contributed by atoms with van der Waals surface area (Å²) < 4.78 is 32.7. The zero-order chi connectivity index (χ0) is 18.9. The number of aryl methyl sites for hydroxylation is 1. The Bertz CT molecular complexity index is 929. The molecular weight excluding hydrogens is 376 g/mol. The van der Waals surface area contributed by atoms with Crippen molar-refractivity contribution in [3.8, 4) is 5.75 Å². The maximum absolute atomic E-state index is 13.1. The first-order valence-electron chi connectivity index (χ1n) is 7.87. The van der Waals surface area contributed by atoms with Gasteiger partial charge in [-0.1, -0.05) is 18.2 Å². The largest absolute Gasteiger partial charge is 0.497 e. The molecule has 1 saturated heterocycles. The molecule has 1 atom stereocenters. The summed E-state index contributed by atoms with van der Waals surface area (Å²) in [7, 11) is -2.28. The molecule has 1 fully saturated rings. The van der Waals surface area contributed by atoms with Gasteiger partial charge in [0.05, 0.1) is 22.3 Å². The van der Waals surface area contributed by atoms with Crippen molar-refractivity contribution in [3.63, 3.8) is 0 Å². The molecule has 3 rings (SSSR count). The quantitative estimate of drug-likeness (QED) is 0.571. The lowest BCUT2D eigenvalue weighted by Crippen LogP contribution is -2.30. The number of ether oxygens (including phenoxy) is 1. The van der Waals surface area contributed by atoms with Crippen molar-refractivity contribution in [3.05, 3.63) is 63.7 Å². The maximum atomic E-state index is 13.1. The van der Waals surface area contributed by atoms with Gasteiger partial charge >= 0.3 is 0 Å². The van der Waals surface area contributed by atoms with E-state index in [0.29, 0.717) is 23.6 Å². The second kappa shape index (κ2) is 7.26. The van der Waals surface area contributed by atoms with E-state index in [-0.39, 0.29) is 16.0 Å². The van der Waals surface area contributed by atoms with Gasteiger partial charge in [0, 0.05) is 23.9 Å². The van der Waals surface area contributed by atoms with Gasteiger partial charge in [0.25, 0.3) is 5.69 Å². The molecule has 2 aromatic carbocycles. The van der Waals surface area contributed by atoms with Gasteiger partial charge in [0.15, 0.2) is 0 Å². The lowest BCUT2D eigenvalue weighted by atomic mass is 10.2. The molecule has 1 aliphatic rings. The van der Waals surface area contributed by atoms with Crippen molar-refractivity contribution in [2.75, 3.05) is 19.4 Å². The van der Waals surface area contributed by atoms with Gasteiger partial charge in [0.1, 0.15) is 5.75 Å². The van der Waals surface area contributed by atoms with Crippen LogP contribution >= 0.6 is 11.8 Å². The van der Waals surface area contributed by atoms with E-state index in [1.165, 1.54) is 28.2 Å². The number of thioether (sulfide) groups is 1. The molecule has 2 aromatic rings. The van der Waals surface area contributed by atoms with Crippen LogP contribution in [0.4, 0.5) is 5.69 Å². The molecule has 0 bridgehead atoms. The zero-order valence-corrected chi connectivity index (χ0v) is 15.9. The highest BCUT2D eigenvalue weighted by molar-refractivity contribution is 8.01. The third kappa shape index (κ3) is 3.42. The Morgan fingerprint density at radius 2 is 1.92 bits per heavy atom. The first-order chi connectivity index (χ1) is 12.3. The summed E-state index contributed by atoms with van der Waals surface area (Å²) in [6, 6.07) is 11.3. The SMILES string of the molecule is COc1ccc([C@H]2SCCN2S(=O)(=O)c2ccc(C)c([N+](=O)[O-])c2)cc1. The summed E-state index contributed by atoms with van der Waals surface area (Å²) in [5, 5.41) is 10.8. The standard InChI is InChI=1S/C17H18N2O5S2/c1-12-3-8-15(11-16(12)19(20)21)26(22,23)18-9-10-25-17(18)13-4-6-14(24-2)7-5-13/h3-8,11,17H,9-10H2,1-2H3/t17-/m1/s1. The molecule has 0 amide bonds. The minimum Gasteiger partial charge on any atom is -0.497 e. The Hall–Kier alpha value is -2.10. The number of methoxy groups -OCH3 is 1. The summed E-state index contributed by atoms with van der Waals surface area (Å²) in [6.07, 6.45) is 0. The van der Waals surface area contributed by atoms with E-state index >= 15 is 0 Å². The molecule has 138 valence electrons. The molecule has 0 aromatic heterocycles. The Morgan fingerprint density at radius 3 is 2.54 bits per heavy atom. The van der Waals surface area contributed by atoms with Gasteiger partial charge in [-0.25, -0.2) is 8.42 Å². The fraction of sp³-hybridized carbons (Fsp3) is 0.294. The topological polar surface area (TPSA) is 89.8 Å². The minimum absolute atomic E-state index is 0.0594. The number of rotatable bonds is 5. The highest BCUT2D eigenvalue weighted by Gasteiger charge is 2.37. The van der Waals surface area contributed by atoms with E-state index in [9.17, 15) is 18.5 Å². The van der Waals surface area contributed by atoms with Gasteiger partial charge in [-0.2, -0.15) is 4.31 Å². The maximum Gasteiger partial charge on any atom is 0.273 e. The monoisotopic (exact) mass is 394 g/mol. The number of hydrogen-bond acceptors (Lipinski definition) is 6. The summed E-state index contributed by atoms with van der Waals surface area (Å²) in [5.41, 5.74) is 1.08. The number of nitro benzene ring substituents is 1. The number of nitro groups is 1. The van der Waals surface area contributed by atoms with Crippen molar-refractivity contribution in [1.29, 1.82) is 0 Å². The number of benzene rings is 2. The van der Waals surface area contributed by atoms with Crippen molar-refractivity contribution in [1.82, 2.24) is 4.31 Å². The van der Waals surface area contributed by atoms with E-state index in [2.05, 4.69) is 0 Å². The van der Waals surface area contributed by atoms with E-state index in [1.54, 1.807) is 26.2 Å². The lowest BCUT2D eigenvalue weighted by molar-refractivity contribution is -0.385. The molecular formula is C17H18N2O5S2. The molecule has 1 heterocycles. The second-order valence-electron chi connectivity index (χ2n) is 5.82. The van der Waals surface area contributed by atoms with Crippen molar-refractivity contribution in [2.24, 2.45) is 0 Å². The zero-order valence-electron chi connectivity index (χ0n) is 14.3. The summed E-state index contributed by atoms with van der Waals surface area (Å²) in [4.78, 5) is 10.5. The Balaban J connectivity index is 1.97. The Labute approximate surface area is 156 Å². The van der Waals surface area contributed by atoms with Crippen LogP contribution in [-0.2, 0) is 10.0 Å². The predicted octanol–water partition coefficient (Wildman–Crippen LogP) is 3.35. The lowest BCUT2D eigenvalue weighted by Gasteiger charge is -2.23. The highest BCUT2D eigenvalue weighted by atomic mass is 32.2. The molecule has 0 aliphatic carbocycles. The van der Waals surface area contributed by atoms with E-state index in [4.69, 9.17) is 4.74 Å². The van der Waals surface area contributed by atoms with Crippen molar-refractivity contribution < 1.29 is 18.1 Å². The number of hydrogen-bond donors (Lipinski definition) is 0. The average Bonchev–Trinajstić information content (AvgIpc) is 3.12. The third-order valence-electron chi connectivity index (χ3n) is 4.23. The molecule has 0 radical (unpaired) electrons. The first-order valence-corrected chi connectivity index (χ1v) is 10.4. The van der Waals surface area contributed by atoms with Gasteiger partial charge in [-0.15, -0.1) is 11.8 Å². The molecule has 7 nitrogen and oxygen atoms in total. The average molecular weight is 394 g/mol. The van der Waals surface area contributed by atoms with Crippen LogP contribution < -0.4 is 4.74 Å². The Morgan fingerprint density at radius 1 is 1.23 bits per heavy atom. The van der Waals surface area contributed by atoms with Gasteiger partial charge in [-0.3, -0.25) is 10.1 Å². The smallest absolute Gasteiger partial charge is 0.273 e. The van der Waals surface area contributed by atoms with E-state index < -0.39 is 14.9 Å². The van der Waals surface area contributed by atoms with Crippen LogP contribution in [0.15, 0.2) is 47.4 Å². The second-order valence-corrected chi connectivity index (χ2v) is 8.90. The molecule has 0 N–H and O–H groups in total. The van der Waals surface area contributed by atoms with Crippen LogP contribution in [0.5, 0.6) is 5.75 Å². The third-order valence-corrected chi connectivity index (χ3v) is 7.49. The molecule has 1 aliphatic heterocycles. The number of sulfonamides is 1. The molecule has 0 unspecified atom stereocenters. The Kier molecular flexibility index (Phi) is 5.22. The fourth-order valence-corrected chi connectivity index (χ4v) is 6.08.